The molecule has 0 atom stereocenters. The van der Waals surface area contributed by atoms with Crippen molar-refractivity contribution in [2.45, 2.75) is 6.92 Å². The van der Waals surface area contributed by atoms with Gasteiger partial charge in [-0.05, 0) is 25.1 Å². The van der Waals surface area contributed by atoms with Crippen LogP contribution in [0.2, 0.25) is 0 Å². The summed E-state index contributed by atoms with van der Waals surface area (Å²) in [6.07, 6.45) is 0. The Hall–Kier alpha value is -2.72. The highest BCUT2D eigenvalue weighted by Crippen LogP contribution is 2.27. The molecule has 2 heterocycles. The molecule has 2 aromatic carbocycles. The standard InChI is InChI=1S/C19H13NO2S/c1-12-5-4-6-13(9-12)16-10-17(22-20-16)15-11-23-18-8-3-2-7-14(18)19(15)21/h2-11H,1H3. The zero-order valence-electron chi connectivity index (χ0n) is 12.4. The van der Waals surface area contributed by atoms with Crippen LogP contribution in [0.15, 0.2) is 69.3 Å². The summed E-state index contributed by atoms with van der Waals surface area (Å²) in [6.45, 7) is 2.03. The molecule has 0 amide bonds. The number of nitrogens with zero attached hydrogens (tertiary/aromatic N) is 1. The molecule has 112 valence electrons. The van der Waals surface area contributed by atoms with E-state index in [4.69, 9.17) is 4.52 Å². The molecular formula is C19H13NO2S. The number of hydrogen-bond acceptors (Lipinski definition) is 4. The Morgan fingerprint density at radius 1 is 1.04 bits per heavy atom. The number of aromatic nitrogens is 1. The third-order valence-corrected chi connectivity index (χ3v) is 4.73. The van der Waals surface area contributed by atoms with Gasteiger partial charge in [0, 0.05) is 27.1 Å². The molecule has 0 saturated carbocycles. The molecule has 0 radical (unpaired) electrons. The van der Waals surface area contributed by atoms with Crippen LogP contribution in [0.3, 0.4) is 0 Å². The normalized spacial score (nSPS) is 11.0. The van der Waals surface area contributed by atoms with Gasteiger partial charge >= 0.3 is 0 Å². The molecule has 3 nitrogen and oxygen atoms in total. The van der Waals surface area contributed by atoms with Gasteiger partial charge in [0.2, 0.25) is 0 Å². The van der Waals surface area contributed by atoms with Crippen molar-refractivity contribution < 1.29 is 4.52 Å². The molecule has 2 aromatic heterocycles. The van der Waals surface area contributed by atoms with E-state index >= 15 is 0 Å². The molecule has 23 heavy (non-hydrogen) atoms. The van der Waals surface area contributed by atoms with Crippen LogP contribution in [0.25, 0.3) is 32.7 Å². The van der Waals surface area contributed by atoms with E-state index in [1.807, 2.05) is 66.9 Å². The Kier molecular flexibility index (Phi) is 3.32. The highest BCUT2D eigenvalue weighted by Gasteiger charge is 2.13. The van der Waals surface area contributed by atoms with Gasteiger partial charge in [-0.15, -0.1) is 11.3 Å². The average Bonchev–Trinajstić information content (AvgIpc) is 3.05. The molecule has 0 fully saturated rings. The third kappa shape index (κ3) is 2.47. The van der Waals surface area contributed by atoms with Crippen LogP contribution < -0.4 is 5.43 Å². The maximum Gasteiger partial charge on any atom is 0.199 e. The topological polar surface area (TPSA) is 43.1 Å². The van der Waals surface area contributed by atoms with Crippen molar-refractivity contribution in [1.82, 2.24) is 5.16 Å². The molecule has 0 aliphatic heterocycles. The average molecular weight is 319 g/mol. The second kappa shape index (κ2) is 5.48. The first-order chi connectivity index (χ1) is 11.2. The van der Waals surface area contributed by atoms with Crippen LogP contribution in [-0.2, 0) is 0 Å². The smallest absolute Gasteiger partial charge is 0.199 e. The van der Waals surface area contributed by atoms with Gasteiger partial charge in [-0.25, -0.2) is 0 Å². The first-order valence-electron chi connectivity index (χ1n) is 7.27. The van der Waals surface area contributed by atoms with E-state index in [1.165, 1.54) is 11.3 Å². The zero-order chi connectivity index (χ0) is 15.8. The van der Waals surface area contributed by atoms with Crippen LogP contribution in [-0.4, -0.2) is 5.16 Å². The largest absolute Gasteiger partial charge is 0.355 e. The first-order valence-corrected chi connectivity index (χ1v) is 8.15. The summed E-state index contributed by atoms with van der Waals surface area (Å²) in [5, 5.41) is 6.67. The summed E-state index contributed by atoms with van der Waals surface area (Å²) in [4.78, 5) is 12.6. The van der Waals surface area contributed by atoms with Gasteiger partial charge in [-0.3, -0.25) is 4.79 Å². The van der Waals surface area contributed by atoms with Crippen LogP contribution >= 0.6 is 11.3 Å². The summed E-state index contributed by atoms with van der Waals surface area (Å²) in [6, 6.07) is 17.5. The maximum absolute atomic E-state index is 12.6. The molecule has 0 spiro atoms. The van der Waals surface area contributed by atoms with Gasteiger partial charge in [0.25, 0.3) is 0 Å². The Balaban J connectivity index is 1.83. The van der Waals surface area contributed by atoms with Crippen molar-refractivity contribution in [3.05, 3.63) is 75.8 Å². The predicted molar refractivity (Wildman–Crippen MR) is 93.8 cm³/mol. The van der Waals surface area contributed by atoms with E-state index in [1.54, 1.807) is 0 Å². The van der Waals surface area contributed by atoms with Crippen molar-refractivity contribution in [2.75, 3.05) is 0 Å². The maximum atomic E-state index is 12.6. The fourth-order valence-corrected chi connectivity index (χ4v) is 3.50. The fourth-order valence-electron chi connectivity index (χ4n) is 2.59. The minimum absolute atomic E-state index is 0.0220. The minimum Gasteiger partial charge on any atom is -0.355 e. The molecule has 0 aliphatic carbocycles. The van der Waals surface area contributed by atoms with Crippen LogP contribution in [0.5, 0.6) is 0 Å². The Labute approximate surface area is 136 Å². The van der Waals surface area contributed by atoms with Crippen molar-refractivity contribution in [3.63, 3.8) is 0 Å². The second-order valence-corrected chi connectivity index (χ2v) is 6.33. The van der Waals surface area contributed by atoms with Crippen molar-refractivity contribution in [1.29, 1.82) is 0 Å². The lowest BCUT2D eigenvalue weighted by molar-refractivity contribution is 0.435. The lowest BCUT2D eigenvalue weighted by Gasteiger charge is -1.98. The molecule has 0 bridgehead atoms. The Morgan fingerprint density at radius 2 is 1.91 bits per heavy atom. The number of rotatable bonds is 2. The highest BCUT2D eigenvalue weighted by atomic mass is 32.1. The van der Waals surface area contributed by atoms with Crippen molar-refractivity contribution >= 4 is 21.4 Å². The number of hydrogen-bond donors (Lipinski definition) is 0. The molecule has 4 rings (SSSR count). The van der Waals surface area contributed by atoms with Crippen molar-refractivity contribution in [3.8, 4) is 22.6 Å². The van der Waals surface area contributed by atoms with Crippen LogP contribution in [0.4, 0.5) is 0 Å². The summed E-state index contributed by atoms with van der Waals surface area (Å²) in [7, 11) is 0. The molecule has 4 aromatic rings. The minimum atomic E-state index is -0.0220. The SMILES string of the molecule is Cc1cccc(-c2cc(-c3csc4ccccc4c3=O)on2)c1. The summed E-state index contributed by atoms with van der Waals surface area (Å²) < 4.78 is 6.40. The highest BCUT2D eigenvalue weighted by molar-refractivity contribution is 7.16. The van der Waals surface area contributed by atoms with E-state index in [-0.39, 0.29) is 5.43 Å². The lowest BCUT2D eigenvalue weighted by Crippen LogP contribution is -2.02. The summed E-state index contributed by atoms with van der Waals surface area (Å²) in [5.74, 6) is 0.508. The van der Waals surface area contributed by atoms with E-state index in [0.717, 1.165) is 21.5 Å². The summed E-state index contributed by atoms with van der Waals surface area (Å²) >= 11 is 1.53. The van der Waals surface area contributed by atoms with Gasteiger partial charge in [0.1, 0.15) is 5.69 Å². The van der Waals surface area contributed by atoms with E-state index < -0.39 is 0 Å². The first kappa shape index (κ1) is 13.9. The number of fused-ring (bicyclic) bond motifs is 1. The second-order valence-electron chi connectivity index (χ2n) is 5.42. The summed E-state index contributed by atoms with van der Waals surface area (Å²) in [5.41, 5.74) is 3.41. The predicted octanol–water partition coefficient (Wildman–Crippen LogP) is 4.89. The van der Waals surface area contributed by atoms with Gasteiger partial charge in [-0.1, -0.05) is 41.1 Å². The molecule has 0 aliphatic rings. The lowest BCUT2D eigenvalue weighted by atomic mass is 10.1. The zero-order valence-corrected chi connectivity index (χ0v) is 13.3. The fraction of sp³-hybridized carbons (Fsp3) is 0.0526. The number of aryl methyl sites for hydroxylation is 1. The van der Waals surface area contributed by atoms with Gasteiger partial charge in [0.15, 0.2) is 11.2 Å². The molecule has 0 saturated heterocycles. The Morgan fingerprint density at radius 3 is 2.78 bits per heavy atom. The Bertz CT molecular complexity index is 1060. The van der Waals surface area contributed by atoms with Crippen molar-refractivity contribution in [2.24, 2.45) is 0 Å². The molecule has 0 N–H and O–H groups in total. The molecule has 0 unspecified atom stereocenters. The molecule has 4 heteroatoms. The van der Waals surface area contributed by atoms with E-state index in [9.17, 15) is 4.79 Å². The van der Waals surface area contributed by atoms with Crippen LogP contribution in [0, 0.1) is 6.92 Å². The number of benzene rings is 2. The van der Waals surface area contributed by atoms with Crippen LogP contribution in [0.1, 0.15) is 5.56 Å². The van der Waals surface area contributed by atoms with Gasteiger partial charge in [-0.2, -0.15) is 0 Å². The monoisotopic (exact) mass is 319 g/mol. The molecular weight excluding hydrogens is 306 g/mol. The van der Waals surface area contributed by atoms with E-state index in [0.29, 0.717) is 16.7 Å². The third-order valence-electron chi connectivity index (χ3n) is 3.77. The van der Waals surface area contributed by atoms with Gasteiger partial charge < -0.3 is 4.52 Å². The quantitative estimate of drug-likeness (QED) is 0.528. The van der Waals surface area contributed by atoms with E-state index in [2.05, 4.69) is 5.16 Å². The van der Waals surface area contributed by atoms with Gasteiger partial charge in [0.05, 0.1) is 5.56 Å².